The van der Waals surface area contributed by atoms with Crippen LogP contribution < -0.4 is 5.73 Å². The second-order valence-electron chi connectivity index (χ2n) is 4.35. The minimum atomic E-state index is 0.0950. The number of nitrogens with two attached hydrogens (primary N) is 1. The lowest BCUT2D eigenvalue weighted by Gasteiger charge is -2.14. The topological polar surface area (TPSA) is 75.0 Å². The third-order valence-electron chi connectivity index (χ3n) is 3.14. The fourth-order valence-corrected chi connectivity index (χ4v) is 2.27. The van der Waals surface area contributed by atoms with Gasteiger partial charge in [0.25, 0.3) is 5.91 Å². The Balaban J connectivity index is 1.96. The lowest BCUT2D eigenvalue weighted by atomic mass is 10.2. The Morgan fingerprint density at radius 1 is 1.35 bits per heavy atom. The van der Waals surface area contributed by atoms with Gasteiger partial charge in [0, 0.05) is 18.7 Å². The number of fused-ring (bicyclic) bond motifs is 1. The molecule has 3 N–H and O–H groups in total. The Hall–Kier alpha value is -2.04. The first-order valence-corrected chi connectivity index (χ1v) is 5.78. The summed E-state index contributed by atoms with van der Waals surface area (Å²) < 4.78 is 0. The molecule has 5 heteroatoms. The zero-order chi connectivity index (χ0) is 11.8. The number of aromatic amines is 1. The normalized spacial score (nSPS) is 15.6. The molecule has 0 atom stereocenters. The fourth-order valence-electron chi connectivity index (χ4n) is 2.27. The van der Waals surface area contributed by atoms with Crippen molar-refractivity contribution in [3.05, 3.63) is 23.8 Å². The predicted octanol–water partition coefficient (Wildman–Crippen LogP) is 1.38. The van der Waals surface area contributed by atoms with Gasteiger partial charge in [0.2, 0.25) is 0 Å². The standard InChI is InChI=1S/C12H14N4O/c13-12-14-9-4-3-8(7-10(9)15-12)11(17)16-5-1-2-6-16/h3-4,7H,1-2,5-6H2,(H3,13,14,15). The van der Waals surface area contributed by atoms with Crippen LogP contribution in [0, 0.1) is 0 Å². The summed E-state index contributed by atoms with van der Waals surface area (Å²) in [5, 5.41) is 0. The van der Waals surface area contributed by atoms with Crippen LogP contribution in [0.15, 0.2) is 18.2 Å². The molecule has 17 heavy (non-hydrogen) atoms. The number of nitrogens with zero attached hydrogens (tertiary/aromatic N) is 2. The number of likely N-dealkylation sites (tertiary alicyclic amines) is 1. The number of imidazole rings is 1. The van der Waals surface area contributed by atoms with Crippen LogP contribution in [-0.2, 0) is 0 Å². The van der Waals surface area contributed by atoms with Crippen molar-refractivity contribution in [1.29, 1.82) is 0 Å². The average Bonchev–Trinajstić information content (AvgIpc) is 2.94. The summed E-state index contributed by atoms with van der Waals surface area (Å²) in [6.45, 7) is 1.73. The highest BCUT2D eigenvalue weighted by Gasteiger charge is 2.19. The van der Waals surface area contributed by atoms with E-state index in [1.165, 1.54) is 0 Å². The van der Waals surface area contributed by atoms with Gasteiger partial charge >= 0.3 is 0 Å². The van der Waals surface area contributed by atoms with Crippen LogP contribution in [0.5, 0.6) is 0 Å². The zero-order valence-electron chi connectivity index (χ0n) is 9.44. The van der Waals surface area contributed by atoms with Gasteiger partial charge in [-0.25, -0.2) is 4.98 Å². The van der Waals surface area contributed by atoms with Gasteiger partial charge in [-0.05, 0) is 31.0 Å². The van der Waals surface area contributed by atoms with E-state index in [1.54, 1.807) is 0 Å². The number of carbonyl (C=O) groups is 1. The number of hydrogen-bond donors (Lipinski definition) is 2. The van der Waals surface area contributed by atoms with Crippen molar-refractivity contribution in [2.45, 2.75) is 12.8 Å². The molecule has 0 spiro atoms. The van der Waals surface area contributed by atoms with Crippen LogP contribution in [0.1, 0.15) is 23.2 Å². The number of amides is 1. The smallest absolute Gasteiger partial charge is 0.253 e. The summed E-state index contributed by atoms with van der Waals surface area (Å²) in [4.78, 5) is 21.1. The van der Waals surface area contributed by atoms with Gasteiger partial charge in [0.05, 0.1) is 11.0 Å². The van der Waals surface area contributed by atoms with Crippen molar-refractivity contribution in [3.8, 4) is 0 Å². The van der Waals surface area contributed by atoms with E-state index in [1.807, 2.05) is 23.1 Å². The molecule has 3 rings (SSSR count). The Bertz CT molecular complexity index is 569. The van der Waals surface area contributed by atoms with Crippen molar-refractivity contribution in [2.24, 2.45) is 0 Å². The molecule has 1 aromatic heterocycles. The highest BCUT2D eigenvalue weighted by molar-refractivity contribution is 5.97. The van der Waals surface area contributed by atoms with E-state index in [4.69, 9.17) is 5.73 Å². The number of nitrogen functional groups attached to an aromatic ring is 1. The van der Waals surface area contributed by atoms with Gasteiger partial charge in [0.1, 0.15) is 0 Å². The van der Waals surface area contributed by atoms with Crippen LogP contribution in [0.25, 0.3) is 11.0 Å². The number of H-pyrrole nitrogens is 1. The molecule has 1 fully saturated rings. The summed E-state index contributed by atoms with van der Waals surface area (Å²) in [5.41, 5.74) is 7.88. The van der Waals surface area contributed by atoms with Crippen molar-refractivity contribution in [1.82, 2.24) is 14.9 Å². The summed E-state index contributed by atoms with van der Waals surface area (Å²) in [5.74, 6) is 0.475. The summed E-state index contributed by atoms with van der Waals surface area (Å²) >= 11 is 0. The maximum atomic E-state index is 12.2. The third-order valence-corrected chi connectivity index (χ3v) is 3.14. The molecule has 2 heterocycles. The first kappa shape index (κ1) is 10.1. The number of anilines is 1. The van der Waals surface area contributed by atoms with E-state index in [-0.39, 0.29) is 5.91 Å². The number of hydrogen-bond acceptors (Lipinski definition) is 3. The van der Waals surface area contributed by atoms with Crippen LogP contribution in [0.3, 0.4) is 0 Å². The van der Waals surface area contributed by atoms with Crippen LogP contribution >= 0.6 is 0 Å². The molecule has 1 aliphatic rings. The maximum absolute atomic E-state index is 12.2. The Labute approximate surface area is 98.6 Å². The lowest BCUT2D eigenvalue weighted by Crippen LogP contribution is -2.27. The molecule has 1 aliphatic heterocycles. The third kappa shape index (κ3) is 1.73. The van der Waals surface area contributed by atoms with Gasteiger partial charge in [-0.15, -0.1) is 0 Å². The predicted molar refractivity (Wildman–Crippen MR) is 65.6 cm³/mol. The molecule has 1 amide bonds. The molecular weight excluding hydrogens is 216 g/mol. The lowest BCUT2D eigenvalue weighted by molar-refractivity contribution is 0.0793. The monoisotopic (exact) mass is 230 g/mol. The average molecular weight is 230 g/mol. The summed E-state index contributed by atoms with van der Waals surface area (Å²) in [6, 6.07) is 5.45. The number of benzene rings is 1. The highest BCUT2D eigenvalue weighted by atomic mass is 16.2. The fraction of sp³-hybridized carbons (Fsp3) is 0.333. The summed E-state index contributed by atoms with van der Waals surface area (Å²) in [7, 11) is 0. The number of nitrogens with one attached hydrogen (secondary N) is 1. The Morgan fingerprint density at radius 3 is 2.88 bits per heavy atom. The number of rotatable bonds is 1. The van der Waals surface area contributed by atoms with E-state index >= 15 is 0 Å². The molecular formula is C12H14N4O. The molecule has 2 aromatic rings. The van der Waals surface area contributed by atoms with Gasteiger partial charge in [-0.1, -0.05) is 0 Å². The minimum absolute atomic E-state index is 0.0950. The van der Waals surface area contributed by atoms with Crippen molar-refractivity contribution >= 4 is 22.9 Å². The molecule has 88 valence electrons. The summed E-state index contributed by atoms with van der Waals surface area (Å²) in [6.07, 6.45) is 2.20. The molecule has 0 aliphatic carbocycles. The van der Waals surface area contributed by atoms with Crippen LogP contribution in [0.4, 0.5) is 5.95 Å². The first-order valence-electron chi connectivity index (χ1n) is 5.78. The quantitative estimate of drug-likeness (QED) is 0.777. The van der Waals surface area contributed by atoms with Gasteiger partial charge < -0.3 is 15.6 Å². The van der Waals surface area contributed by atoms with Crippen molar-refractivity contribution < 1.29 is 4.79 Å². The van der Waals surface area contributed by atoms with E-state index in [2.05, 4.69) is 9.97 Å². The number of carbonyl (C=O) groups excluding carboxylic acids is 1. The molecule has 5 nitrogen and oxygen atoms in total. The van der Waals surface area contributed by atoms with E-state index < -0.39 is 0 Å². The molecule has 1 aromatic carbocycles. The van der Waals surface area contributed by atoms with Crippen LogP contribution in [0.2, 0.25) is 0 Å². The molecule has 1 saturated heterocycles. The van der Waals surface area contributed by atoms with Crippen LogP contribution in [-0.4, -0.2) is 33.9 Å². The highest BCUT2D eigenvalue weighted by Crippen LogP contribution is 2.18. The van der Waals surface area contributed by atoms with Gasteiger partial charge in [-0.2, -0.15) is 0 Å². The maximum Gasteiger partial charge on any atom is 0.253 e. The van der Waals surface area contributed by atoms with E-state index in [9.17, 15) is 4.79 Å². The second kappa shape index (κ2) is 3.76. The molecule has 0 saturated carbocycles. The van der Waals surface area contributed by atoms with Crippen molar-refractivity contribution in [3.63, 3.8) is 0 Å². The van der Waals surface area contributed by atoms with E-state index in [0.29, 0.717) is 11.5 Å². The second-order valence-corrected chi connectivity index (χ2v) is 4.35. The molecule has 0 bridgehead atoms. The Kier molecular flexibility index (Phi) is 2.24. The molecule has 0 radical (unpaired) electrons. The first-order chi connectivity index (χ1) is 8.24. The van der Waals surface area contributed by atoms with E-state index in [0.717, 1.165) is 37.0 Å². The van der Waals surface area contributed by atoms with Gasteiger partial charge in [0.15, 0.2) is 5.95 Å². The largest absolute Gasteiger partial charge is 0.369 e. The minimum Gasteiger partial charge on any atom is -0.369 e. The Morgan fingerprint density at radius 2 is 2.12 bits per heavy atom. The van der Waals surface area contributed by atoms with Gasteiger partial charge in [-0.3, -0.25) is 4.79 Å². The van der Waals surface area contributed by atoms with Crippen molar-refractivity contribution in [2.75, 3.05) is 18.8 Å². The SMILES string of the molecule is Nc1nc2ccc(C(=O)N3CCCC3)cc2[nH]1. The number of aromatic nitrogens is 2. The molecule has 0 unspecified atom stereocenters. The zero-order valence-corrected chi connectivity index (χ0v) is 9.44.